The molecule has 4 amide bonds. The van der Waals surface area contributed by atoms with E-state index in [9.17, 15) is 14.4 Å². The summed E-state index contributed by atoms with van der Waals surface area (Å²) in [7, 11) is 0. The van der Waals surface area contributed by atoms with Crippen molar-refractivity contribution in [2.45, 2.75) is 27.2 Å². The van der Waals surface area contributed by atoms with Crippen molar-refractivity contribution >= 4 is 29.2 Å². The molecule has 0 spiro atoms. The second-order valence-corrected chi connectivity index (χ2v) is 5.38. The maximum absolute atomic E-state index is 11.7. The van der Waals surface area contributed by atoms with Gasteiger partial charge >= 0.3 is 6.03 Å². The quantitative estimate of drug-likeness (QED) is 0.617. The third kappa shape index (κ3) is 7.30. The van der Waals surface area contributed by atoms with Gasteiger partial charge < -0.3 is 21.3 Å². The lowest BCUT2D eigenvalue weighted by atomic mass is 10.2. The zero-order chi connectivity index (χ0) is 17.2. The molecule has 0 aliphatic rings. The Hall–Kier alpha value is -2.57. The van der Waals surface area contributed by atoms with Crippen molar-refractivity contribution < 1.29 is 14.4 Å². The third-order valence-electron chi connectivity index (χ3n) is 2.92. The number of hydrogen-bond donors (Lipinski definition) is 4. The summed E-state index contributed by atoms with van der Waals surface area (Å²) in [4.78, 5) is 34.6. The van der Waals surface area contributed by atoms with Crippen LogP contribution in [0, 0.1) is 5.92 Å². The van der Waals surface area contributed by atoms with Crippen molar-refractivity contribution in [1.82, 2.24) is 10.6 Å². The van der Waals surface area contributed by atoms with Crippen LogP contribution in [0.15, 0.2) is 24.3 Å². The molecule has 0 fully saturated rings. The maximum atomic E-state index is 11.7. The fraction of sp³-hybridized carbons (Fsp3) is 0.438. The van der Waals surface area contributed by atoms with Crippen molar-refractivity contribution in [2.75, 3.05) is 23.7 Å². The fourth-order valence-corrected chi connectivity index (χ4v) is 1.59. The average Bonchev–Trinajstić information content (AvgIpc) is 2.52. The zero-order valence-corrected chi connectivity index (χ0v) is 13.7. The highest BCUT2D eigenvalue weighted by molar-refractivity contribution is 5.94. The molecule has 1 rings (SSSR count). The van der Waals surface area contributed by atoms with E-state index in [1.807, 2.05) is 20.8 Å². The number of carbonyl (C=O) groups is 3. The number of rotatable bonds is 7. The average molecular weight is 320 g/mol. The summed E-state index contributed by atoms with van der Waals surface area (Å²) in [5.74, 6) is -0.396. The standard InChI is InChI=1S/C16H24N4O3/c1-4-9-17-14(21)10-18-16(23)20-13-7-5-12(6-8-13)19-15(22)11(2)3/h5-8,11H,4,9-10H2,1-3H3,(H,17,21)(H,19,22)(H2,18,20,23). The first kappa shape index (κ1) is 18.5. The van der Waals surface area contributed by atoms with E-state index in [1.54, 1.807) is 24.3 Å². The molecule has 0 saturated carbocycles. The van der Waals surface area contributed by atoms with Crippen molar-refractivity contribution in [2.24, 2.45) is 5.92 Å². The molecule has 126 valence electrons. The van der Waals surface area contributed by atoms with Crippen LogP contribution in [0.2, 0.25) is 0 Å². The van der Waals surface area contributed by atoms with E-state index in [1.165, 1.54) is 0 Å². The van der Waals surface area contributed by atoms with E-state index in [-0.39, 0.29) is 24.3 Å². The first-order chi connectivity index (χ1) is 10.9. The van der Waals surface area contributed by atoms with Gasteiger partial charge in [0.15, 0.2) is 0 Å². The highest BCUT2D eigenvalue weighted by Gasteiger charge is 2.08. The normalized spacial score (nSPS) is 10.1. The molecule has 0 bridgehead atoms. The summed E-state index contributed by atoms with van der Waals surface area (Å²) in [5, 5.41) is 10.5. The van der Waals surface area contributed by atoms with Crippen LogP contribution in [0.25, 0.3) is 0 Å². The van der Waals surface area contributed by atoms with Crippen LogP contribution < -0.4 is 21.3 Å². The number of nitrogens with one attached hydrogen (secondary N) is 4. The summed E-state index contributed by atoms with van der Waals surface area (Å²) in [6.45, 7) is 6.09. The second kappa shape index (κ2) is 9.45. The van der Waals surface area contributed by atoms with E-state index in [2.05, 4.69) is 21.3 Å². The Labute approximate surface area is 136 Å². The summed E-state index contributed by atoms with van der Waals surface area (Å²) in [6, 6.07) is 6.28. The van der Waals surface area contributed by atoms with E-state index >= 15 is 0 Å². The van der Waals surface area contributed by atoms with Gasteiger partial charge in [0.2, 0.25) is 11.8 Å². The molecular formula is C16H24N4O3. The molecule has 0 radical (unpaired) electrons. The Morgan fingerprint density at radius 1 is 0.957 bits per heavy atom. The van der Waals surface area contributed by atoms with E-state index < -0.39 is 6.03 Å². The second-order valence-electron chi connectivity index (χ2n) is 5.38. The Morgan fingerprint density at radius 2 is 1.52 bits per heavy atom. The van der Waals surface area contributed by atoms with Gasteiger partial charge in [-0.2, -0.15) is 0 Å². The number of carbonyl (C=O) groups excluding carboxylic acids is 3. The van der Waals surface area contributed by atoms with Crippen LogP contribution in [0.1, 0.15) is 27.2 Å². The predicted octanol–water partition coefficient (Wildman–Crippen LogP) is 1.93. The fourth-order valence-electron chi connectivity index (χ4n) is 1.59. The van der Waals surface area contributed by atoms with Crippen LogP contribution in [-0.4, -0.2) is 30.9 Å². The first-order valence-corrected chi connectivity index (χ1v) is 7.64. The lowest BCUT2D eigenvalue weighted by Gasteiger charge is -2.10. The molecule has 0 saturated heterocycles. The highest BCUT2D eigenvalue weighted by Crippen LogP contribution is 2.14. The Balaban J connectivity index is 2.41. The molecule has 7 heteroatoms. The van der Waals surface area contributed by atoms with Gasteiger partial charge in [0.25, 0.3) is 0 Å². The minimum atomic E-state index is -0.462. The Morgan fingerprint density at radius 3 is 2.04 bits per heavy atom. The molecule has 0 aliphatic heterocycles. The van der Waals surface area contributed by atoms with Crippen LogP contribution in [0.5, 0.6) is 0 Å². The van der Waals surface area contributed by atoms with Gasteiger partial charge in [0.1, 0.15) is 0 Å². The number of benzene rings is 1. The van der Waals surface area contributed by atoms with Crippen LogP contribution in [0.3, 0.4) is 0 Å². The molecule has 1 aromatic carbocycles. The SMILES string of the molecule is CCCNC(=O)CNC(=O)Nc1ccc(NC(=O)C(C)C)cc1. The molecule has 0 unspecified atom stereocenters. The Kier molecular flexibility index (Phi) is 7.59. The minimum Gasteiger partial charge on any atom is -0.355 e. The van der Waals surface area contributed by atoms with E-state index in [4.69, 9.17) is 0 Å². The number of anilines is 2. The lowest BCUT2D eigenvalue weighted by Crippen LogP contribution is -2.39. The van der Waals surface area contributed by atoms with Gasteiger partial charge in [-0.05, 0) is 30.7 Å². The smallest absolute Gasteiger partial charge is 0.319 e. The van der Waals surface area contributed by atoms with Crippen LogP contribution >= 0.6 is 0 Å². The first-order valence-electron chi connectivity index (χ1n) is 7.64. The van der Waals surface area contributed by atoms with E-state index in [0.717, 1.165) is 6.42 Å². The molecular weight excluding hydrogens is 296 g/mol. The monoisotopic (exact) mass is 320 g/mol. The lowest BCUT2D eigenvalue weighted by molar-refractivity contribution is -0.120. The molecule has 4 N–H and O–H groups in total. The summed E-state index contributed by atoms with van der Waals surface area (Å²) in [6.07, 6.45) is 0.845. The predicted molar refractivity (Wildman–Crippen MR) is 90.2 cm³/mol. The van der Waals surface area contributed by atoms with Crippen molar-refractivity contribution in [1.29, 1.82) is 0 Å². The van der Waals surface area contributed by atoms with Gasteiger partial charge in [-0.25, -0.2) is 4.79 Å². The van der Waals surface area contributed by atoms with Gasteiger partial charge in [0, 0.05) is 23.8 Å². The summed E-state index contributed by atoms with van der Waals surface area (Å²) in [5.41, 5.74) is 1.23. The summed E-state index contributed by atoms with van der Waals surface area (Å²) < 4.78 is 0. The Bertz CT molecular complexity index is 541. The molecule has 0 atom stereocenters. The van der Waals surface area contributed by atoms with Gasteiger partial charge in [-0.1, -0.05) is 20.8 Å². The molecule has 23 heavy (non-hydrogen) atoms. The molecule has 0 aliphatic carbocycles. The number of amides is 4. The topological polar surface area (TPSA) is 99.3 Å². The van der Waals surface area contributed by atoms with Gasteiger partial charge in [-0.15, -0.1) is 0 Å². The molecule has 0 heterocycles. The van der Waals surface area contributed by atoms with Crippen molar-refractivity contribution in [3.8, 4) is 0 Å². The van der Waals surface area contributed by atoms with Crippen LogP contribution in [0.4, 0.5) is 16.2 Å². The van der Waals surface area contributed by atoms with Crippen LogP contribution in [-0.2, 0) is 9.59 Å². The van der Waals surface area contributed by atoms with E-state index in [0.29, 0.717) is 17.9 Å². The molecule has 1 aromatic rings. The largest absolute Gasteiger partial charge is 0.355 e. The third-order valence-corrected chi connectivity index (χ3v) is 2.92. The summed E-state index contributed by atoms with van der Waals surface area (Å²) >= 11 is 0. The van der Waals surface area contributed by atoms with Crippen molar-refractivity contribution in [3.63, 3.8) is 0 Å². The number of urea groups is 1. The van der Waals surface area contributed by atoms with Crippen molar-refractivity contribution in [3.05, 3.63) is 24.3 Å². The zero-order valence-electron chi connectivity index (χ0n) is 13.7. The highest BCUT2D eigenvalue weighted by atomic mass is 16.2. The number of hydrogen-bond acceptors (Lipinski definition) is 3. The minimum absolute atomic E-state index is 0.0680. The molecule has 0 aromatic heterocycles. The van der Waals surface area contributed by atoms with Gasteiger partial charge in [0.05, 0.1) is 6.54 Å². The maximum Gasteiger partial charge on any atom is 0.319 e. The molecule has 7 nitrogen and oxygen atoms in total. The van der Waals surface area contributed by atoms with Gasteiger partial charge in [-0.3, -0.25) is 9.59 Å².